The molecular formula is C24H42O13S3. The van der Waals surface area contributed by atoms with Gasteiger partial charge in [0.25, 0.3) is 0 Å². The van der Waals surface area contributed by atoms with E-state index in [0.717, 1.165) is 6.42 Å². The van der Waals surface area contributed by atoms with Gasteiger partial charge in [0.1, 0.15) is 0 Å². The summed E-state index contributed by atoms with van der Waals surface area (Å²) in [6.45, 7) is 5.99. The predicted molar refractivity (Wildman–Crippen MR) is 141 cm³/mol. The normalized spacial score (nSPS) is 43.0. The van der Waals surface area contributed by atoms with Crippen molar-refractivity contribution in [3.8, 4) is 0 Å². The minimum absolute atomic E-state index is 0.0509. The maximum Gasteiger partial charge on any atom is 0.397 e. The molecule has 0 aromatic carbocycles. The van der Waals surface area contributed by atoms with Crippen molar-refractivity contribution in [1.82, 2.24) is 0 Å². The fourth-order valence-corrected chi connectivity index (χ4v) is 10.7. The minimum Gasteiger partial charge on any atom is -0.393 e. The summed E-state index contributed by atoms with van der Waals surface area (Å²) in [5.41, 5.74) is -0.957. The van der Waals surface area contributed by atoms with Gasteiger partial charge in [-0.05, 0) is 104 Å². The van der Waals surface area contributed by atoms with Crippen molar-refractivity contribution < 1.29 is 56.6 Å². The van der Waals surface area contributed by atoms with Crippen LogP contribution in [0.3, 0.4) is 0 Å². The Morgan fingerprint density at radius 2 is 1.50 bits per heavy atom. The zero-order chi connectivity index (χ0) is 29.9. The minimum atomic E-state index is -4.81. The zero-order valence-electron chi connectivity index (χ0n) is 23.0. The molecule has 40 heavy (non-hydrogen) atoms. The second-order valence-electron chi connectivity index (χ2n) is 12.9. The van der Waals surface area contributed by atoms with Crippen LogP contribution >= 0.6 is 0 Å². The van der Waals surface area contributed by atoms with Gasteiger partial charge >= 0.3 is 31.2 Å². The highest BCUT2D eigenvalue weighted by molar-refractivity contribution is 7.81. The summed E-state index contributed by atoms with van der Waals surface area (Å²) >= 11 is 0. The monoisotopic (exact) mass is 634 g/mol. The molecule has 0 bridgehead atoms. The molecule has 234 valence electrons. The molecule has 0 spiro atoms. The Morgan fingerprint density at radius 1 is 0.850 bits per heavy atom. The standard InChI is InChI=1S/C24H42O13S3/c1-14(5-4-10-35-38(26,27)28)17-6-7-18-22-19(13-21(25)24(17,18)3)23(2)9-8-16(36-39(29,30)31)11-15(23)12-20(22)37-40(32,33)34/h14-22,25H,4-13H2,1-3H3,(H,26,27,28)(H,29,30,31)(H,32,33,34)/t14-,15-,16-,17-,18+,19+,20-,21+,22+,23+,24-/m1/s1. The van der Waals surface area contributed by atoms with E-state index in [9.17, 15) is 39.5 Å². The van der Waals surface area contributed by atoms with Crippen LogP contribution < -0.4 is 0 Å². The van der Waals surface area contributed by atoms with Crippen molar-refractivity contribution in [2.45, 2.75) is 96.9 Å². The van der Waals surface area contributed by atoms with E-state index in [1.165, 1.54) is 0 Å². The Balaban J connectivity index is 1.60. The molecule has 0 heterocycles. The topological polar surface area (TPSA) is 211 Å². The van der Waals surface area contributed by atoms with E-state index in [0.29, 0.717) is 38.5 Å². The molecule has 4 N–H and O–H groups in total. The van der Waals surface area contributed by atoms with Gasteiger partial charge < -0.3 is 5.11 Å². The van der Waals surface area contributed by atoms with Gasteiger partial charge in [-0.2, -0.15) is 25.3 Å². The Morgan fingerprint density at radius 3 is 2.10 bits per heavy atom. The maximum atomic E-state index is 12.0. The van der Waals surface area contributed by atoms with Crippen LogP contribution in [0.15, 0.2) is 0 Å². The molecule has 0 amide bonds. The van der Waals surface area contributed by atoms with E-state index in [2.05, 4.69) is 11.1 Å². The lowest BCUT2D eigenvalue weighted by molar-refractivity contribution is -0.201. The molecule has 4 aliphatic carbocycles. The van der Waals surface area contributed by atoms with E-state index >= 15 is 0 Å². The van der Waals surface area contributed by atoms with Crippen LogP contribution in [0.2, 0.25) is 0 Å². The first-order valence-electron chi connectivity index (χ1n) is 13.9. The number of aliphatic hydroxyl groups excluding tert-OH is 1. The number of rotatable bonds is 10. The van der Waals surface area contributed by atoms with E-state index in [1.54, 1.807) is 0 Å². The van der Waals surface area contributed by atoms with Crippen LogP contribution in [0, 0.1) is 46.3 Å². The molecule has 0 unspecified atom stereocenters. The first kappa shape index (κ1) is 32.5. The summed E-state index contributed by atoms with van der Waals surface area (Å²) < 4.78 is 111. The highest BCUT2D eigenvalue weighted by Gasteiger charge is 2.66. The van der Waals surface area contributed by atoms with E-state index in [4.69, 9.17) is 12.9 Å². The van der Waals surface area contributed by atoms with Crippen molar-refractivity contribution in [2.24, 2.45) is 46.3 Å². The Hall–Kier alpha value is -0.430. The molecular weight excluding hydrogens is 592 g/mol. The molecule has 13 nitrogen and oxygen atoms in total. The average molecular weight is 635 g/mol. The lowest BCUT2D eigenvalue weighted by Crippen LogP contribution is -2.63. The van der Waals surface area contributed by atoms with Gasteiger partial charge in [-0.1, -0.05) is 20.8 Å². The van der Waals surface area contributed by atoms with Gasteiger partial charge in [-0.15, -0.1) is 0 Å². The van der Waals surface area contributed by atoms with Crippen LogP contribution in [0.4, 0.5) is 0 Å². The van der Waals surface area contributed by atoms with Gasteiger partial charge in [0.15, 0.2) is 0 Å². The van der Waals surface area contributed by atoms with Crippen LogP contribution in [0.1, 0.15) is 78.6 Å². The molecule has 4 fully saturated rings. The molecule has 16 heteroatoms. The lowest BCUT2D eigenvalue weighted by atomic mass is 9.43. The SMILES string of the molecule is C[C@H](CCCOS(=O)(=O)O)[C@H]1CC[C@H]2[C@@H]3[C@H](OS(=O)(=O)O)C[C@H]4C[C@H](OS(=O)(=O)O)CC[C@]4(C)[C@H]3C[C@H](O)[C@]12C. The smallest absolute Gasteiger partial charge is 0.393 e. The summed E-state index contributed by atoms with van der Waals surface area (Å²) in [5.74, 6) is -0.650. The quantitative estimate of drug-likeness (QED) is 0.201. The molecule has 11 atom stereocenters. The largest absolute Gasteiger partial charge is 0.397 e. The van der Waals surface area contributed by atoms with Crippen molar-refractivity contribution in [1.29, 1.82) is 0 Å². The molecule has 0 aliphatic heterocycles. The Labute approximate surface area is 237 Å². The zero-order valence-corrected chi connectivity index (χ0v) is 25.4. The molecule has 0 saturated heterocycles. The second kappa shape index (κ2) is 11.2. The van der Waals surface area contributed by atoms with Crippen molar-refractivity contribution in [3.05, 3.63) is 0 Å². The third-order valence-corrected chi connectivity index (χ3v) is 12.5. The first-order valence-corrected chi connectivity index (χ1v) is 18.0. The average Bonchev–Trinajstić information content (AvgIpc) is 3.14. The Kier molecular flexibility index (Phi) is 9.13. The maximum absolute atomic E-state index is 12.0. The van der Waals surface area contributed by atoms with E-state index in [1.807, 2.05) is 13.8 Å². The van der Waals surface area contributed by atoms with Crippen LogP contribution in [-0.4, -0.2) is 68.9 Å². The van der Waals surface area contributed by atoms with Crippen molar-refractivity contribution in [3.63, 3.8) is 0 Å². The summed E-state index contributed by atoms with van der Waals surface area (Å²) in [6.07, 6.45) is 1.94. The van der Waals surface area contributed by atoms with E-state index < -0.39 is 54.9 Å². The highest BCUT2D eigenvalue weighted by atomic mass is 32.3. The fraction of sp³-hybridized carbons (Fsp3) is 1.00. The molecule has 0 radical (unpaired) electrons. The van der Waals surface area contributed by atoms with Gasteiger partial charge in [0.2, 0.25) is 0 Å². The van der Waals surface area contributed by atoms with Crippen LogP contribution in [-0.2, 0) is 43.7 Å². The number of fused-ring (bicyclic) bond motifs is 5. The third-order valence-electron chi connectivity index (χ3n) is 11.0. The number of hydrogen-bond donors (Lipinski definition) is 4. The molecule has 4 saturated carbocycles. The summed E-state index contributed by atoms with van der Waals surface area (Å²) in [7, 11) is -14.0. The molecule has 0 aromatic heterocycles. The number of hydrogen-bond acceptors (Lipinski definition) is 10. The van der Waals surface area contributed by atoms with Crippen LogP contribution in [0.25, 0.3) is 0 Å². The highest BCUT2D eigenvalue weighted by Crippen LogP contribution is 2.69. The third kappa shape index (κ3) is 6.70. The van der Waals surface area contributed by atoms with Gasteiger partial charge in [0.05, 0.1) is 24.9 Å². The first-order chi connectivity index (χ1) is 18.2. The van der Waals surface area contributed by atoms with Gasteiger partial charge in [-0.25, -0.2) is 12.5 Å². The summed E-state index contributed by atoms with van der Waals surface area (Å²) in [5, 5.41) is 11.7. The van der Waals surface area contributed by atoms with Gasteiger partial charge in [0, 0.05) is 0 Å². The molecule has 0 aromatic rings. The number of aliphatic hydroxyl groups is 1. The second-order valence-corrected chi connectivity index (χ2v) is 16.1. The Bertz CT molecular complexity index is 1250. The molecule has 4 aliphatic rings. The summed E-state index contributed by atoms with van der Waals surface area (Å²) in [6, 6.07) is 0. The van der Waals surface area contributed by atoms with Crippen LogP contribution in [0.5, 0.6) is 0 Å². The van der Waals surface area contributed by atoms with E-state index in [-0.39, 0.29) is 60.4 Å². The van der Waals surface area contributed by atoms with Crippen molar-refractivity contribution in [2.75, 3.05) is 6.61 Å². The summed E-state index contributed by atoms with van der Waals surface area (Å²) in [4.78, 5) is 0. The predicted octanol–water partition coefficient (Wildman–Crippen LogP) is 2.84. The lowest BCUT2D eigenvalue weighted by Gasteiger charge is -2.63. The van der Waals surface area contributed by atoms with Crippen molar-refractivity contribution >= 4 is 31.2 Å². The molecule has 4 rings (SSSR count). The van der Waals surface area contributed by atoms with Gasteiger partial charge in [-0.3, -0.25) is 13.7 Å². The fourth-order valence-electron chi connectivity index (χ4n) is 9.38.